The Labute approximate surface area is 107 Å². The van der Waals surface area contributed by atoms with Gasteiger partial charge in [0.2, 0.25) is 0 Å². The van der Waals surface area contributed by atoms with Gasteiger partial charge in [-0.15, -0.1) is 0 Å². The molecule has 0 heterocycles. The molecule has 0 radical (unpaired) electrons. The molecule has 17 heavy (non-hydrogen) atoms. The molecule has 0 bridgehead atoms. The van der Waals surface area contributed by atoms with Crippen LogP contribution < -0.4 is 4.74 Å². The average molecular weight is 295 g/mol. The maximum Gasteiger partial charge on any atom is 0.189 e. The van der Waals surface area contributed by atoms with Gasteiger partial charge in [-0.25, -0.2) is 0 Å². The molecule has 0 atom stereocenters. The lowest BCUT2D eigenvalue weighted by Gasteiger charge is -2.10. The maximum absolute atomic E-state index is 11.6. The Balaban J connectivity index is 2.80. The molecule has 0 saturated heterocycles. The number of hydrogen-bond donors (Lipinski definition) is 1. The fraction of sp³-hybridized carbons (Fsp3) is 0.154. The maximum atomic E-state index is 11.6. The number of methoxy groups -OCH3 is 1. The summed E-state index contributed by atoms with van der Waals surface area (Å²) in [5.74, 6) is 0.293. The number of ether oxygens (including phenoxy) is 1. The minimum absolute atomic E-state index is 0.332. The fourth-order valence-corrected chi connectivity index (χ4v) is 2.44. The van der Waals surface area contributed by atoms with Crippen LogP contribution in [0.4, 0.5) is 0 Å². The van der Waals surface area contributed by atoms with E-state index in [1.165, 1.54) is 0 Å². The zero-order valence-electron chi connectivity index (χ0n) is 9.24. The van der Waals surface area contributed by atoms with E-state index >= 15 is 0 Å². The van der Waals surface area contributed by atoms with Crippen LogP contribution in [0.15, 0.2) is 34.8 Å². The number of fused-ring (bicyclic) bond motifs is 1. The Hall–Kier alpha value is -1.39. The molecule has 0 fully saturated rings. The van der Waals surface area contributed by atoms with Crippen LogP contribution in [0, 0.1) is 0 Å². The summed E-state index contributed by atoms with van der Waals surface area (Å²) in [7, 11) is 1.56. The van der Waals surface area contributed by atoms with Gasteiger partial charge < -0.3 is 9.84 Å². The number of rotatable bonds is 3. The Kier molecular flexibility index (Phi) is 3.45. The van der Waals surface area contributed by atoms with Crippen molar-refractivity contribution >= 4 is 32.5 Å². The number of aliphatic hydroxyl groups is 1. The molecule has 1 N–H and O–H groups in total. The summed E-state index contributed by atoms with van der Waals surface area (Å²) >= 11 is 3.40. The number of ketones is 1. The monoisotopic (exact) mass is 294 g/mol. The lowest BCUT2D eigenvalue weighted by Crippen LogP contribution is -2.06. The first kappa shape index (κ1) is 12.1. The molecule has 0 unspecified atom stereocenters. The van der Waals surface area contributed by atoms with Crippen LogP contribution in [0.5, 0.6) is 5.75 Å². The molecular weight excluding hydrogens is 284 g/mol. The summed E-state index contributed by atoms with van der Waals surface area (Å²) in [6, 6.07) is 9.26. The van der Waals surface area contributed by atoms with Gasteiger partial charge in [-0.3, -0.25) is 4.79 Å². The molecule has 4 heteroatoms. The van der Waals surface area contributed by atoms with Crippen LogP contribution in [0.3, 0.4) is 0 Å². The minimum atomic E-state index is -0.514. The number of Topliss-reactive ketones (excluding diaryl/α,β-unsaturated/α-hetero) is 1. The molecule has 3 nitrogen and oxygen atoms in total. The SMILES string of the molecule is COc1cc(C(=O)CO)c(Br)c2ccccc12. The van der Waals surface area contributed by atoms with Gasteiger partial charge in [0.15, 0.2) is 5.78 Å². The Bertz CT molecular complexity index is 578. The van der Waals surface area contributed by atoms with Crippen molar-refractivity contribution in [2.45, 2.75) is 0 Å². The quantitative estimate of drug-likeness (QED) is 0.886. The fourth-order valence-electron chi connectivity index (χ4n) is 1.76. The van der Waals surface area contributed by atoms with Gasteiger partial charge in [0.25, 0.3) is 0 Å². The molecule has 0 amide bonds. The first-order valence-corrected chi connectivity index (χ1v) is 5.87. The van der Waals surface area contributed by atoms with Gasteiger partial charge in [-0.05, 0) is 22.0 Å². The lowest BCUT2D eigenvalue weighted by molar-refractivity contribution is 0.0903. The zero-order valence-corrected chi connectivity index (χ0v) is 10.8. The third-order valence-corrected chi connectivity index (χ3v) is 3.46. The smallest absolute Gasteiger partial charge is 0.189 e. The van der Waals surface area contributed by atoms with Crippen LogP contribution in [-0.2, 0) is 0 Å². The topological polar surface area (TPSA) is 46.5 Å². The molecule has 0 aliphatic heterocycles. The highest BCUT2D eigenvalue weighted by Crippen LogP contribution is 2.34. The van der Waals surface area contributed by atoms with Crippen molar-refractivity contribution in [3.8, 4) is 5.75 Å². The van der Waals surface area contributed by atoms with Gasteiger partial charge in [0, 0.05) is 20.8 Å². The van der Waals surface area contributed by atoms with E-state index in [2.05, 4.69) is 15.9 Å². The molecular formula is C13H11BrO3. The van der Waals surface area contributed by atoms with Gasteiger partial charge >= 0.3 is 0 Å². The van der Waals surface area contributed by atoms with Crippen molar-refractivity contribution in [2.24, 2.45) is 0 Å². The minimum Gasteiger partial charge on any atom is -0.496 e. The number of carbonyl (C=O) groups is 1. The Morgan fingerprint density at radius 2 is 2.00 bits per heavy atom. The normalized spacial score (nSPS) is 10.5. The molecule has 2 rings (SSSR count). The van der Waals surface area contributed by atoms with E-state index in [1.807, 2.05) is 24.3 Å². The molecule has 88 valence electrons. The molecule has 0 aromatic heterocycles. The second-order valence-electron chi connectivity index (χ2n) is 3.57. The molecule has 0 spiro atoms. The lowest BCUT2D eigenvalue weighted by atomic mass is 10.0. The summed E-state index contributed by atoms with van der Waals surface area (Å²) in [4.78, 5) is 11.6. The van der Waals surface area contributed by atoms with Crippen LogP contribution in [0.25, 0.3) is 10.8 Å². The van der Waals surface area contributed by atoms with Gasteiger partial charge in [-0.1, -0.05) is 24.3 Å². The van der Waals surface area contributed by atoms with Crippen LogP contribution in [-0.4, -0.2) is 24.6 Å². The number of aliphatic hydroxyl groups excluding tert-OH is 1. The Morgan fingerprint density at radius 1 is 1.35 bits per heavy atom. The largest absolute Gasteiger partial charge is 0.496 e. The van der Waals surface area contributed by atoms with Crippen molar-refractivity contribution in [1.82, 2.24) is 0 Å². The van der Waals surface area contributed by atoms with Crippen LogP contribution in [0.1, 0.15) is 10.4 Å². The van der Waals surface area contributed by atoms with E-state index < -0.39 is 6.61 Å². The average Bonchev–Trinajstić information content (AvgIpc) is 2.39. The summed E-state index contributed by atoms with van der Waals surface area (Å²) in [5, 5.41) is 10.8. The third-order valence-electron chi connectivity index (χ3n) is 2.60. The number of halogens is 1. The number of hydrogen-bond acceptors (Lipinski definition) is 3. The second kappa shape index (κ2) is 4.85. The van der Waals surface area contributed by atoms with Crippen molar-refractivity contribution in [3.05, 3.63) is 40.4 Å². The van der Waals surface area contributed by atoms with Gasteiger partial charge in [-0.2, -0.15) is 0 Å². The van der Waals surface area contributed by atoms with Crippen molar-refractivity contribution in [3.63, 3.8) is 0 Å². The van der Waals surface area contributed by atoms with Gasteiger partial charge in [0.1, 0.15) is 12.4 Å². The number of benzene rings is 2. The van der Waals surface area contributed by atoms with Gasteiger partial charge in [0.05, 0.1) is 7.11 Å². The van der Waals surface area contributed by atoms with Crippen LogP contribution in [0.2, 0.25) is 0 Å². The Morgan fingerprint density at radius 3 is 2.59 bits per heavy atom. The highest BCUT2D eigenvalue weighted by atomic mass is 79.9. The summed E-state index contributed by atoms with van der Waals surface area (Å²) in [6.07, 6.45) is 0. The molecule has 0 aliphatic carbocycles. The van der Waals surface area contributed by atoms with E-state index in [9.17, 15) is 4.79 Å². The summed E-state index contributed by atoms with van der Waals surface area (Å²) < 4.78 is 5.95. The van der Waals surface area contributed by atoms with E-state index in [0.29, 0.717) is 15.8 Å². The second-order valence-corrected chi connectivity index (χ2v) is 4.36. The summed E-state index contributed by atoms with van der Waals surface area (Å²) in [5.41, 5.74) is 0.433. The zero-order chi connectivity index (χ0) is 12.4. The van der Waals surface area contributed by atoms with E-state index in [-0.39, 0.29) is 5.78 Å². The number of carbonyl (C=O) groups excluding carboxylic acids is 1. The predicted octanol–water partition coefficient (Wildman–Crippen LogP) is 2.79. The predicted molar refractivity (Wildman–Crippen MR) is 69.6 cm³/mol. The molecule has 0 aliphatic rings. The molecule has 2 aromatic rings. The van der Waals surface area contributed by atoms with Crippen molar-refractivity contribution in [2.75, 3.05) is 13.7 Å². The first-order chi connectivity index (χ1) is 8.19. The third kappa shape index (κ3) is 2.06. The highest BCUT2D eigenvalue weighted by molar-refractivity contribution is 9.10. The molecule has 2 aromatic carbocycles. The van der Waals surface area contributed by atoms with E-state index in [4.69, 9.17) is 9.84 Å². The van der Waals surface area contributed by atoms with Crippen molar-refractivity contribution in [1.29, 1.82) is 0 Å². The summed E-state index contributed by atoms with van der Waals surface area (Å²) in [6.45, 7) is -0.514. The standard InChI is InChI=1S/C13H11BrO3/c1-17-12-6-10(11(16)7-15)13(14)9-5-3-2-4-8(9)12/h2-6,15H,7H2,1H3. The van der Waals surface area contributed by atoms with Crippen molar-refractivity contribution < 1.29 is 14.6 Å². The highest BCUT2D eigenvalue weighted by Gasteiger charge is 2.15. The molecule has 0 saturated carbocycles. The van der Waals surface area contributed by atoms with E-state index in [1.54, 1.807) is 13.2 Å². The van der Waals surface area contributed by atoms with E-state index in [0.717, 1.165) is 10.8 Å². The van der Waals surface area contributed by atoms with Crippen LogP contribution >= 0.6 is 15.9 Å². The first-order valence-electron chi connectivity index (χ1n) is 5.08.